The van der Waals surface area contributed by atoms with Gasteiger partial charge >= 0.3 is 5.97 Å². The van der Waals surface area contributed by atoms with E-state index in [1.807, 2.05) is 0 Å². The molecule has 0 radical (unpaired) electrons. The molecule has 0 aliphatic carbocycles. The quantitative estimate of drug-likeness (QED) is 0.0704. The van der Waals surface area contributed by atoms with Crippen LogP contribution in [0.5, 0.6) is 0 Å². The van der Waals surface area contributed by atoms with E-state index >= 15 is 0 Å². The maximum absolute atomic E-state index is 12.0. The van der Waals surface area contributed by atoms with Crippen molar-refractivity contribution < 1.29 is 19.4 Å². The summed E-state index contributed by atoms with van der Waals surface area (Å²) in [7, 11) is 0. The smallest absolute Gasteiger partial charge is 0.305 e. The molecule has 5 nitrogen and oxygen atoms in total. The van der Waals surface area contributed by atoms with E-state index in [2.05, 4.69) is 19.2 Å². The summed E-state index contributed by atoms with van der Waals surface area (Å²) < 4.78 is 5.17. The Hall–Kier alpha value is -1.10. The van der Waals surface area contributed by atoms with E-state index in [9.17, 15) is 14.7 Å². The Kier molecular flexibility index (Phi) is 29.6. The van der Waals surface area contributed by atoms with Crippen molar-refractivity contribution in [2.75, 3.05) is 13.2 Å². The Morgan fingerprint density at radius 3 is 1.29 bits per heavy atom. The van der Waals surface area contributed by atoms with Crippen LogP contribution in [-0.2, 0) is 14.3 Å². The van der Waals surface area contributed by atoms with Crippen LogP contribution in [0.15, 0.2) is 0 Å². The van der Waals surface area contributed by atoms with Crippen molar-refractivity contribution in [1.29, 1.82) is 0 Å². The molecule has 38 heavy (non-hydrogen) atoms. The molecule has 5 heteroatoms. The maximum Gasteiger partial charge on any atom is 0.305 e. The summed E-state index contributed by atoms with van der Waals surface area (Å²) in [6.45, 7) is 4.61. The number of carbonyl (C=O) groups excluding carboxylic acids is 2. The molecular weight excluding hydrogens is 474 g/mol. The van der Waals surface area contributed by atoms with Gasteiger partial charge in [-0.05, 0) is 12.8 Å². The largest absolute Gasteiger partial charge is 0.463 e. The summed E-state index contributed by atoms with van der Waals surface area (Å²) in [5.41, 5.74) is 0. The van der Waals surface area contributed by atoms with Gasteiger partial charge in [0.1, 0.15) is 12.7 Å². The van der Waals surface area contributed by atoms with Crippen LogP contribution >= 0.6 is 0 Å². The van der Waals surface area contributed by atoms with Crippen LogP contribution in [0.1, 0.15) is 181 Å². The molecule has 0 saturated carbocycles. The van der Waals surface area contributed by atoms with Gasteiger partial charge in [-0.2, -0.15) is 0 Å². The van der Waals surface area contributed by atoms with Gasteiger partial charge in [-0.25, -0.2) is 0 Å². The van der Waals surface area contributed by atoms with E-state index in [0.717, 1.165) is 25.7 Å². The minimum absolute atomic E-state index is 0.0283. The lowest BCUT2D eigenvalue weighted by molar-refractivity contribution is -0.146. The molecule has 0 spiro atoms. The third-order valence-electron chi connectivity index (χ3n) is 7.46. The number of hydrogen-bond acceptors (Lipinski definition) is 4. The van der Waals surface area contributed by atoms with E-state index in [1.165, 1.54) is 128 Å². The van der Waals surface area contributed by atoms with Crippen molar-refractivity contribution >= 4 is 11.9 Å². The van der Waals surface area contributed by atoms with Crippen molar-refractivity contribution in [3.8, 4) is 0 Å². The van der Waals surface area contributed by atoms with Gasteiger partial charge in [0.25, 0.3) is 0 Å². The highest BCUT2D eigenvalue weighted by Crippen LogP contribution is 2.14. The third-order valence-corrected chi connectivity index (χ3v) is 7.46. The number of amides is 1. The standard InChI is InChI=1S/C33H65NO4/c1-3-5-7-9-11-13-15-16-18-19-21-23-25-27-32(36)34-29-31(35)30-38-33(37)28-26-24-22-20-17-14-12-10-8-6-4-2/h31,35H,3-30H2,1-2H3,(H,34,36). The summed E-state index contributed by atoms with van der Waals surface area (Å²) in [4.78, 5) is 23.9. The first-order valence-electron chi connectivity index (χ1n) is 16.7. The second-order valence-electron chi connectivity index (χ2n) is 11.4. The lowest BCUT2D eigenvalue weighted by Crippen LogP contribution is -2.35. The first kappa shape index (κ1) is 36.9. The van der Waals surface area contributed by atoms with E-state index in [1.54, 1.807) is 0 Å². The number of carbonyl (C=O) groups is 2. The van der Waals surface area contributed by atoms with Crippen LogP contribution in [0, 0.1) is 0 Å². The average molecular weight is 540 g/mol. The van der Waals surface area contributed by atoms with Crippen molar-refractivity contribution in [3.05, 3.63) is 0 Å². The van der Waals surface area contributed by atoms with Gasteiger partial charge in [-0.1, -0.05) is 155 Å². The third kappa shape index (κ3) is 29.5. The average Bonchev–Trinajstić information content (AvgIpc) is 2.92. The zero-order valence-electron chi connectivity index (χ0n) is 25.5. The van der Waals surface area contributed by atoms with Gasteiger partial charge in [-0.3, -0.25) is 9.59 Å². The molecule has 0 aromatic rings. The molecule has 2 N–H and O–H groups in total. The summed E-state index contributed by atoms with van der Waals surface area (Å²) >= 11 is 0. The molecule has 0 saturated heterocycles. The van der Waals surface area contributed by atoms with Crippen molar-refractivity contribution in [2.24, 2.45) is 0 Å². The van der Waals surface area contributed by atoms with Gasteiger partial charge in [0.05, 0.1) is 0 Å². The Morgan fingerprint density at radius 2 is 0.895 bits per heavy atom. The number of aliphatic hydroxyl groups is 1. The number of nitrogens with one attached hydrogen (secondary N) is 1. The molecule has 0 fully saturated rings. The first-order chi connectivity index (χ1) is 18.6. The number of esters is 1. The van der Waals surface area contributed by atoms with Crippen LogP contribution in [0.2, 0.25) is 0 Å². The molecule has 226 valence electrons. The Bertz CT molecular complexity index is 511. The molecule has 0 aliphatic rings. The lowest BCUT2D eigenvalue weighted by Gasteiger charge is -2.12. The Labute approximate surface area is 236 Å². The molecule has 0 aromatic carbocycles. The van der Waals surface area contributed by atoms with Crippen LogP contribution < -0.4 is 5.32 Å². The van der Waals surface area contributed by atoms with Crippen molar-refractivity contribution in [1.82, 2.24) is 5.32 Å². The fourth-order valence-corrected chi connectivity index (χ4v) is 4.88. The molecular formula is C33H65NO4. The zero-order chi connectivity index (χ0) is 27.9. The Morgan fingerprint density at radius 1 is 0.553 bits per heavy atom. The summed E-state index contributed by atoms with van der Waals surface area (Å²) in [5.74, 6) is -0.280. The predicted molar refractivity (Wildman–Crippen MR) is 161 cm³/mol. The van der Waals surface area contributed by atoms with Crippen LogP contribution in [0.25, 0.3) is 0 Å². The van der Waals surface area contributed by atoms with E-state index in [0.29, 0.717) is 12.8 Å². The fraction of sp³-hybridized carbons (Fsp3) is 0.939. The van der Waals surface area contributed by atoms with Crippen LogP contribution in [0.4, 0.5) is 0 Å². The van der Waals surface area contributed by atoms with E-state index in [-0.39, 0.29) is 25.0 Å². The number of hydrogen-bond donors (Lipinski definition) is 2. The van der Waals surface area contributed by atoms with Gasteiger partial charge in [0.2, 0.25) is 5.91 Å². The summed E-state index contributed by atoms with van der Waals surface area (Å²) in [6.07, 6.45) is 30.5. The topological polar surface area (TPSA) is 75.6 Å². The highest BCUT2D eigenvalue weighted by Gasteiger charge is 2.10. The number of rotatable bonds is 30. The molecule has 0 rings (SSSR count). The number of ether oxygens (including phenoxy) is 1. The highest BCUT2D eigenvalue weighted by atomic mass is 16.5. The molecule has 0 aliphatic heterocycles. The number of aliphatic hydroxyl groups excluding tert-OH is 1. The molecule has 0 heterocycles. The van der Waals surface area contributed by atoms with Gasteiger partial charge in [-0.15, -0.1) is 0 Å². The summed E-state index contributed by atoms with van der Waals surface area (Å²) in [5, 5.41) is 12.8. The van der Waals surface area contributed by atoms with E-state index < -0.39 is 6.10 Å². The zero-order valence-corrected chi connectivity index (χ0v) is 25.5. The second kappa shape index (κ2) is 30.4. The molecule has 0 bridgehead atoms. The lowest BCUT2D eigenvalue weighted by atomic mass is 10.0. The van der Waals surface area contributed by atoms with Gasteiger partial charge in [0, 0.05) is 19.4 Å². The second-order valence-corrected chi connectivity index (χ2v) is 11.4. The van der Waals surface area contributed by atoms with Gasteiger partial charge in [0.15, 0.2) is 0 Å². The minimum atomic E-state index is -0.841. The fourth-order valence-electron chi connectivity index (χ4n) is 4.88. The van der Waals surface area contributed by atoms with Gasteiger partial charge < -0.3 is 15.2 Å². The SMILES string of the molecule is CCCCCCCCCCCCCCCC(=O)NCC(O)COC(=O)CCCCCCCCCCCCC. The van der Waals surface area contributed by atoms with Crippen molar-refractivity contribution in [2.45, 2.75) is 187 Å². The molecule has 1 amide bonds. The maximum atomic E-state index is 12.0. The normalized spacial score (nSPS) is 12.0. The summed E-state index contributed by atoms with van der Waals surface area (Å²) in [6, 6.07) is 0. The predicted octanol–water partition coefficient (Wildman–Crippen LogP) is 9.19. The monoisotopic (exact) mass is 539 g/mol. The van der Waals surface area contributed by atoms with Crippen LogP contribution in [-0.4, -0.2) is 36.2 Å². The minimum Gasteiger partial charge on any atom is -0.463 e. The molecule has 1 atom stereocenters. The molecule has 1 unspecified atom stereocenters. The number of unbranched alkanes of at least 4 members (excludes halogenated alkanes) is 22. The Balaban J connectivity index is 3.40. The van der Waals surface area contributed by atoms with Crippen molar-refractivity contribution in [3.63, 3.8) is 0 Å². The molecule has 0 aromatic heterocycles. The van der Waals surface area contributed by atoms with E-state index in [4.69, 9.17) is 4.74 Å². The van der Waals surface area contributed by atoms with Crippen LogP contribution in [0.3, 0.4) is 0 Å². The first-order valence-corrected chi connectivity index (χ1v) is 16.7. The highest BCUT2D eigenvalue weighted by molar-refractivity contribution is 5.75.